The third-order valence-electron chi connectivity index (χ3n) is 4.51. The Balaban J connectivity index is 1.81. The van der Waals surface area contributed by atoms with Gasteiger partial charge in [-0.25, -0.2) is 8.42 Å². The molecule has 0 bridgehead atoms. The van der Waals surface area contributed by atoms with Crippen LogP contribution in [0.5, 0.6) is 0 Å². The second kappa shape index (κ2) is 9.04. The first-order valence-electron chi connectivity index (χ1n) is 8.63. The van der Waals surface area contributed by atoms with E-state index < -0.39 is 22.0 Å². The molecule has 0 saturated carbocycles. The molecule has 1 atom stereocenters. The molecule has 0 aliphatic carbocycles. The summed E-state index contributed by atoms with van der Waals surface area (Å²) in [6, 6.07) is 9.81. The Morgan fingerprint density at radius 1 is 1.18 bits per heavy atom. The van der Waals surface area contributed by atoms with Crippen molar-refractivity contribution in [3.8, 4) is 0 Å². The van der Waals surface area contributed by atoms with E-state index in [1.54, 1.807) is 5.38 Å². The van der Waals surface area contributed by atoms with Crippen LogP contribution in [0.3, 0.4) is 0 Å². The summed E-state index contributed by atoms with van der Waals surface area (Å²) in [6.07, 6.45) is 0. The van der Waals surface area contributed by atoms with Crippen LogP contribution >= 0.6 is 22.9 Å². The van der Waals surface area contributed by atoms with Crippen molar-refractivity contribution in [3.63, 3.8) is 0 Å². The number of halogens is 1. The fourth-order valence-electron chi connectivity index (χ4n) is 3.02. The van der Waals surface area contributed by atoms with Gasteiger partial charge in [0.05, 0.1) is 4.90 Å². The lowest BCUT2D eigenvalue weighted by atomic mass is 10.1. The number of carbonyl (C=O) groups is 2. The number of nitrogens with one attached hydrogen (secondary N) is 1. The molecule has 1 aliphatic rings. The van der Waals surface area contributed by atoms with Gasteiger partial charge in [-0.15, -0.1) is 11.6 Å². The summed E-state index contributed by atoms with van der Waals surface area (Å²) in [4.78, 5) is 26.4. The predicted octanol–water partition coefficient (Wildman–Crippen LogP) is 1.50. The number of hydrogen-bond donors (Lipinski definition) is 1. The van der Waals surface area contributed by atoms with Gasteiger partial charge in [-0.05, 0) is 17.0 Å². The van der Waals surface area contributed by atoms with Crippen LogP contribution in [0.4, 0.5) is 0 Å². The molecule has 1 fully saturated rings. The maximum Gasteiger partial charge on any atom is 0.244 e. The standard InChI is InChI=1S/C18H20ClN3O4S2/c19-10-17(23)21-7-8-22(28(25,26)15-6-9-27-13-15)16(12-21)18(24)20-11-14-4-2-1-3-5-14/h1-6,9,13,16H,7-8,10-12H2,(H,20,24)/t16-/m1/s1. The Morgan fingerprint density at radius 3 is 2.57 bits per heavy atom. The number of amides is 2. The van der Waals surface area contributed by atoms with Crippen molar-refractivity contribution >= 4 is 44.8 Å². The van der Waals surface area contributed by atoms with E-state index in [9.17, 15) is 18.0 Å². The molecule has 0 unspecified atom stereocenters. The highest BCUT2D eigenvalue weighted by molar-refractivity contribution is 7.89. The molecule has 7 nitrogen and oxygen atoms in total. The Bertz CT molecular complexity index is 920. The van der Waals surface area contributed by atoms with Crippen LogP contribution < -0.4 is 5.32 Å². The van der Waals surface area contributed by atoms with Gasteiger partial charge in [0.2, 0.25) is 21.8 Å². The average molecular weight is 442 g/mol. The van der Waals surface area contributed by atoms with Crippen molar-refractivity contribution in [2.45, 2.75) is 17.5 Å². The van der Waals surface area contributed by atoms with Crippen molar-refractivity contribution in [3.05, 3.63) is 52.7 Å². The average Bonchev–Trinajstić information content (AvgIpc) is 3.27. The number of nitrogens with zero attached hydrogens (tertiary/aromatic N) is 2. The van der Waals surface area contributed by atoms with Crippen LogP contribution in [0.2, 0.25) is 0 Å². The maximum absolute atomic E-state index is 13.0. The summed E-state index contributed by atoms with van der Waals surface area (Å²) in [5, 5.41) is 5.98. The van der Waals surface area contributed by atoms with E-state index in [0.717, 1.165) is 5.56 Å². The Morgan fingerprint density at radius 2 is 1.93 bits per heavy atom. The minimum Gasteiger partial charge on any atom is -0.351 e. The van der Waals surface area contributed by atoms with Crippen molar-refractivity contribution in [2.75, 3.05) is 25.5 Å². The highest BCUT2D eigenvalue weighted by Gasteiger charge is 2.41. The fraction of sp³-hybridized carbons (Fsp3) is 0.333. The van der Waals surface area contributed by atoms with Crippen molar-refractivity contribution in [1.82, 2.24) is 14.5 Å². The van der Waals surface area contributed by atoms with Gasteiger partial charge < -0.3 is 10.2 Å². The molecule has 2 amide bonds. The van der Waals surface area contributed by atoms with E-state index in [0.29, 0.717) is 0 Å². The number of carbonyl (C=O) groups excluding carboxylic acids is 2. The summed E-state index contributed by atoms with van der Waals surface area (Å²) in [6.45, 7) is 0.461. The largest absolute Gasteiger partial charge is 0.351 e. The van der Waals surface area contributed by atoms with Gasteiger partial charge in [0.1, 0.15) is 11.9 Å². The number of piperazine rings is 1. The number of sulfonamides is 1. The minimum absolute atomic E-state index is 0.0320. The lowest BCUT2D eigenvalue weighted by Gasteiger charge is -2.39. The first-order valence-corrected chi connectivity index (χ1v) is 11.5. The van der Waals surface area contributed by atoms with Gasteiger partial charge in [0, 0.05) is 31.6 Å². The molecule has 0 spiro atoms. The predicted molar refractivity (Wildman–Crippen MR) is 108 cm³/mol. The van der Waals surface area contributed by atoms with E-state index >= 15 is 0 Å². The molecular weight excluding hydrogens is 422 g/mol. The molecule has 1 aromatic carbocycles. The molecule has 1 N–H and O–H groups in total. The summed E-state index contributed by atoms with van der Waals surface area (Å²) in [7, 11) is -3.84. The van der Waals surface area contributed by atoms with Crippen LogP contribution in [0.15, 0.2) is 52.1 Å². The number of thiophene rings is 1. The zero-order chi connectivity index (χ0) is 20.1. The topological polar surface area (TPSA) is 86.8 Å². The second-order valence-corrected chi connectivity index (χ2v) is 9.21. The Labute approximate surface area is 172 Å². The van der Waals surface area contributed by atoms with Crippen molar-refractivity contribution in [1.29, 1.82) is 0 Å². The molecule has 2 aromatic rings. The van der Waals surface area contributed by atoms with E-state index in [4.69, 9.17) is 11.6 Å². The first kappa shape index (κ1) is 20.8. The monoisotopic (exact) mass is 441 g/mol. The van der Waals surface area contributed by atoms with Crippen molar-refractivity contribution in [2.24, 2.45) is 0 Å². The van der Waals surface area contributed by atoms with E-state index in [1.165, 1.54) is 32.0 Å². The normalized spacial score (nSPS) is 18.0. The molecule has 0 radical (unpaired) electrons. The summed E-state index contributed by atoms with van der Waals surface area (Å²) in [5.74, 6) is -0.986. The smallest absolute Gasteiger partial charge is 0.244 e. The van der Waals surface area contributed by atoms with E-state index in [-0.39, 0.29) is 42.9 Å². The third kappa shape index (κ3) is 4.54. The van der Waals surface area contributed by atoms with Gasteiger partial charge in [-0.2, -0.15) is 15.6 Å². The van der Waals surface area contributed by atoms with Crippen LogP contribution in [0.1, 0.15) is 5.56 Å². The number of hydrogen-bond acceptors (Lipinski definition) is 5. The van der Waals surface area contributed by atoms with E-state index in [1.807, 2.05) is 30.3 Å². The molecule has 1 aromatic heterocycles. The van der Waals surface area contributed by atoms with Gasteiger partial charge in [-0.1, -0.05) is 30.3 Å². The molecule has 150 valence electrons. The quantitative estimate of drug-likeness (QED) is 0.688. The Hall–Kier alpha value is -1.94. The van der Waals surface area contributed by atoms with Gasteiger partial charge in [-0.3, -0.25) is 9.59 Å². The summed E-state index contributed by atoms with van der Waals surface area (Å²) >= 11 is 6.91. The number of benzene rings is 1. The summed E-state index contributed by atoms with van der Waals surface area (Å²) in [5.41, 5.74) is 0.896. The Kier molecular flexibility index (Phi) is 6.71. The highest BCUT2D eigenvalue weighted by Crippen LogP contribution is 2.23. The molecule has 10 heteroatoms. The number of rotatable bonds is 6. The van der Waals surface area contributed by atoms with Gasteiger partial charge >= 0.3 is 0 Å². The SMILES string of the molecule is O=C(NCc1ccccc1)[C@H]1CN(C(=O)CCl)CCN1S(=O)(=O)c1ccsc1. The maximum atomic E-state index is 13.0. The van der Waals surface area contributed by atoms with Crippen LogP contribution in [0, 0.1) is 0 Å². The van der Waals surface area contributed by atoms with Crippen LogP contribution in [-0.4, -0.2) is 61.0 Å². The van der Waals surface area contributed by atoms with Crippen molar-refractivity contribution < 1.29 is 18.0 Å². The van der Waals surface area contributed by atoms with E-state index in [2.05, 4.69) is 5.32 Å². The lowest BCUT2D eigenvalue weighted by Crippen LogP contribution is -2.61. The van der Waals surface area contributed by atoms with Gasteiger partial charge in [0.25, 0.3) is 0 Å². The van der Waals surface area contributed by atoms with Crippen LogP contribution in [0.25, 0.3) is 0 Å². The number of alkyl halides is 1. The van der Waals surface area contributed by atoms with Crippen LogP contribution in [-0.2, 0) is 26.2 Å². The molecule has 1 aliphatic heterocycles. The van der Waals surface area contributed by atoms with Gasteiger partial charge in [0.15, 0.2) is 0 Å². The second-order valence-electron chi connectivity index (χ2n) is 6.27. The molecule has 3 rings (SSSR count). The molecule has 1 saturated heterocycles. The minimum atomic E-state index is -3.84. The third-order valence-corrected chi connectivity index (χ3v) is 7.48. The molecule has 2 heterocycles. The molecular formula is C18H20ClN3O4S2. The summed E-state index contributed by atoms with van der Waals surface area (Å²) < 4.78 is 27.2. The zero-order valence-corrected chi connectivity index (χ0v) is 17.3. The first-order chi connectivity index (χ1) is 13.4. The lowest BCUT2D eigenvalue weighted by molar-refractivity contribution is -0.134. The molecule has 28 heavy (non-hydrogen) atoms. The fourth-order valence-corrected chi connectivity index (χ4v) is 5.77. The zero-order valence-electron chi connectivity index (χ0n) is 15.0. The highest BCUT2D eigenvalue weighted by atomic mass is 35.5.